The maximum absolute atomic E-state index is 14.3. The highest BCUT2D eigenvalue weighted by Gasteiger charge is 2.77. The van der Waals surface area contributed by atoms with Gasteiger partial charge in [0.15, 0.2) is 0 Å². The van der Waals surface area contributed by atoms with Crippen molar-refractivity contribution in [2.75, 3.05) is 32.8 Å². The number of rotatable bonds is 19. The lowest BCUT2D eigenvalue weighted by Gasteiger charge is -2.37. The number of nitrogens with one attached hydrogen (secondary N) is 1. The quantitative estimate of drug-likeness (QED) is 0.0950. The van der Waals surface area contributed by atoms with E-state index in [2.05, 4.69) is 41.3 Å². The van der Waals surface area contributed by atoms with Crippen LogP contribution >= 0.6 is 15.9 Å². The molecule has 0 aliphatic carbocycles. The van der Waals surface area contributed by atoms with E-state index in [9.17, 15) is 24.3 Å². The van der Waals surface area contributed by atoms with E-state index in [0.717, 1.165) is 19.3 Å². The van der Waals surface area contributed by atoms with Gasteiger partial charge in [-0.2, -0.15) is 0 Å². The monoisotopic (exact) mass is 653 g/mol. The molecule has 3 fully saturated rings. The first kappa shape index (κ1) is 34.3. The van der Waals surface area contributed by atoms with Crippen molar-refractivity contribution in [3.63, 3.8) is 0 Å². The Balaban J connectivity index is 1.86. The maximum atomic E-state index is 14.3. The minimum atomic E-state index is -1.15. The van der Waals surface area contributed by atoms with Crippen LogP contribution in [0.25, 0.3) is 0 Å². The molecule has 3 saturated heterocycles. The van der Waals surface area contributed by atoms with Crippen LogP contribution in [0.5, 0.6) is 0 Å². The molecule has 0 radical (unpaired) electrons. The van der Waals surface area contributed by atoms with E-state index < -0.39 is 41.7 Å². The fraction of sp³-hybridized carbons (Fsp3) is 0.742. The number of carbonyl (C=O) groups is 4. The summed E-state index contributed by atoms with van der Waals surface area (Å²) in [5.41, 5.74) is -1.15. The normalized spacial score (nSPS) is 28.3. The van der Waals surface area contributed by atoms with Crippen LogP contribution in [0.1, 0.15) is 71.6 Å². The Hall–Kier alpha value is -2.24. The van der Waals surface area contributed by atoms with Gasteiger partial charge in [0.25, 0.3) is 0 Å². The minimum absolute atomic E-state index is 0.0598. The first-order valence-electron chi connectivity index (χ1n) is 15.4. The summed E-state index contributed by atoms with van der Waals surface area (Å²) in [7, 11) is 0. The highest BCUT2D eigenvalue weighted by molar-refractivity contribution is 9.09. The summed E-state index contributed by atoms with van der Waals surface area (Å²) in [6.07, 6.45) is 8.18. The molecule has 7 atom stereocenters. The SMILES string of the molecule is C=CCCC(=O)NC[C@@H](C)OC(=O)[C@@H]1[C@H]2O[C@@]3(CC2Br)[C@H](C(=O)N(CC=C)CCCCC)N(CCCCCO)C(=O)[C@@H]13. The third-order valence-corrected chi connectivity index (χ3v) is 9.37. The number of alkyl halides is 1. The van der Waals surface area contributed by atoms with E-state index in [-0.39, 0.29) is 35.7 Å². The molecule has 0 aromatic heterocycles. The summed E-state index contributed by atoms with van der Waals surface area (Å²) in [5, 5.41) is 12.0. The highest BCUT2D eigenvalue weighted by Crippen LogP contribution is 2.60. The summed E-state index contributed by atoms with van der Waals surface area (Å²) in [4.78, 5) is 57.2. The Labute approximate surface area is 258 Å². The van der Waals surface area contributed by atoms with Gasteiger partial charge in [0.2, 0.25) is 17.7 Å². The van der Waals surface area contributed by atoms with Gasteiger partial charge in [0.05, 0.1) is 24.5 Å². The van der Waals surface area contributed by atoms with Crippen molar-refractivity contribution in [3.05, 3.63) is 25.3 Å². The third-order valence-electron chi connectivity index (χ3n) is 8.52. The number of likely N-dealkylation sites (tertiary alicyclic amines) is 1. The number of hydrogen-bond acceptors (Lipinski definition) is 7. The number of nitrogens with zero attached hydrogens (tertiary/aromatic N) is 2. The molecule has 42 heavy (non-hydrogen) atoms. The fourth-order valence-corrected chi connectivity index (χ4v) is 7.50. The van der Waals surface area contributed by atoms with E-state index >= 15 is 0 Å². The molecule has 3 amide bonds. The highest BCUT2D eigenvalue weighted by atomic mass is 79.9. The largest absolute Gasteiger partial charge is 0.460 e. The van der Waals surface area contributed by atoms with Crippen molar-refractivity contribution < 1.29 is 33.8 Å². The zero-order valence-corrected chi connectivity index (χ0v) is 26.7. The van der Waals surface area contributed by atoms with E-state index in [1.807, 2.05) is 0 Å². The Kier molecular flexibility index (Phi) is 13.1. The van der Waals surface area contributed by atoms with Crippen LogP contribution in [0.4, 0.5) is 0 Å². The summed E-state index contributed by atoms with van der Waals surface area (Å²) >= 11 is 3.69. The average Bonchev–Trinajstić information content (AvgIpc) is 3.55. The number of halogens is 1. The summed E-state index contributed by atoms with van der Waals surface area (Å²) < 4.78 is 12.3. The van der Waals surface area contributed by atoms with Crippen LogP contribution in [0, 0.1) is 11.8 Å². The molecule has 3 rings (SSSR count). The molecule has 236 valence electrons. The lowest BCUT2D eigenvalue weighted by molar-refractivity contribution is -0.159. The molecule has 0 aromatic rings. The number of aliphatic hydroxyl groups excluding tert-OH is 1. The molecule has 0 aromatic carbocycles. The van der Waals surface area contributed by atoms with Gasteiger partial charge >= 0.3 is 5.97 Å². The molecular weight excluding hydrogens is 606 g/mol. The van der Waals surface area contributed by atoms with E-state index in [0.29, 0.717) is 58.2 Å². The Morgan fingerprint density at radius 1 is 1.24 bits per heavy atom. The molecule has 2 N–H and O–H groups in total. The number of ether oxygens (including phenoxy) is 2. The number of esters is 1. The van der Waals surface area contributed by atoms with Crippen LogP contribution < -0.4 is 5.32 Å². The molecule has 10 nitrogen and oxygen atoms in total. The Morgan fingerprint density at radius 3 is 2.67 bits per heavy atom. The fourth-order valence-electron chi connectivity index (χ4n) is 6.56. The van der Waals surface area contributed by atoms with Gasteiger partial charge in [-0.15, -0.1) is 13.2 Å². The lowest BCUT2D eigenvalue weighted by atomic mass is 9.70. The average molecular weight is 655 g/mol. The molecule has 2 bridgehead atoms. The van der Waals surface area contributed by atoms with Crippen LogP contribution in [-0.2, 0) is 28.7 Å². The van der Waals surface area contributed by atoms with Crippen molar-refractivity contribution in [3.8, 4) is 0 Å². The van der Waals surface area contributed by atoms with Crippen molar-refractivity contribution in [1.29, 1.82) is 0 Å². The molecule has 0 saturated carbocycles. The van der Waals surface area contributed by atoms with Crippen molar-refractivity contribution in [2.45, 2.75) is 100 Å². The van der Waals surface area contributed by atoms with Gasteiger partial charge in [-0.3, -0.25) is 19.2 Å². The van der Waals surface area contributed by atoms with Gasteiger partial charge in [0.1, 0.15) is 17.7 Å². The predicted molar refractivity (Wildman–Crippen MR) is 163 cm³/mol. The third kappa shape index (κ3) is 7.45. The van der Waals surface area contributed by atoms with Gasteiger partial charge in [-0.1, -0.05) is 47.8 Å². The second-order valence-electron chi connectivity index (χ2n) is 11.6. The lowest BCUT2D eigenvalue weighted by Crippen LogP contribution is -2.57. The number of allylic oxidation sites excluding steroid dienone is 1. The zero-order valence-electron chi connectivity index (χ0n) is 25.1. The number of hydrogen-bond donors (Lipinski definition) is 2. The summed E-state index contributed by atoms with van der Waals surface area (Å²) in [6.45, 7) is 12.7. The van der Waals surface area contributed by atoms with E-state index in [1.54, 1.807) is 28.9 Å². The second-order valence-corrected chi connectivity index (χ2v) is 12.8. The van der Waals surface area contributed by atoms with Crippen molar-refractivity contribution in [2.24, 2.45) is 11.8 Å². The molecule has 1 unspecified atom stereocenters. The van der Waals surface area contributed by atoms with E-state index in [4.69, 9.17) is 9.47 Å². The first-order chi connectivity index (χ1) is 20.2. The molecule has 3 aliphatic rings. The molecule has 3 heterocycles. The van der Waals surface area contributed by atoms with Crippen molar-refractivity contribution >= 4 is 39.6 Å². The number of carbonyl (C=O) groups excluding carboxylic acids is 4. The van der Waals surface area contributed by atoms with Crippen LogP contribution in [-0.4, -0.2) is 100 Å². The van der Waals surface area contributed by atoms with Crippen LogP contribution in [0.2, 0.25) is 0 Å². The first-order valence-corrected chi connectivity index (χ1v) is 16.3. The number of amides is 3. The predicted octanol–water partition coefficient (Wildman–Crippen LogP) is 3.12. The molecule has 11 heteroatoms. The number of aliphatic hydroxyl groups is 1. The van der Waals surface area contributed by atoms with Crippen LogP contribution in [0.3, 0.4) is 0 Å². The summed E-state index contributed by atoms with van der Waals surface area (Å²) in [6, 6.07) is -0.866. The Bertz CT molecular complexity index is 994. The van der Waals surface area contributed by atoms with Crippen molar-refractivity contribution in [1.82, 2.24) is 15.1 Å². The smallest absolute Gasteiger partial charge is 0.312 e. The minimum Gasteiger partial charge on any atom is -0.460 e. The second kappa shape index (κ2) is 16.0. The van der Waals surface area contributed by atoms with Crippen LogP contribution in [0.15, 0.2) is 25.3 Å². The van der Waals surface area contributed by atoms with E-state index in [1.165, 1.54) is 0 Å². The molecule has 1 spiro atoms. The van der Waals surface area contributed by atoms with Gasteiger partial charge in [0, 0.05) is 37.5 Å². The summed E-state index contributed by atoms with van der Waals surface area (Å²) in [5.74, 6) is -2.89. The standard InChI is InChI=1S/C31H48BrN3O7/c1-5-8-11-16-34(15-7-3)29(39)27-31-19-22(32)26(42-31)24(25(31)28(38)35(27)17-12-10-13-18-36)30(40)41-21(4)20-33-23(37)14-9-6-2/h6-7,21-22,24-27,36H,2-3,5,8-20H2,1,4H3,(H,33,37)/t21-,22?,24+,25-,26+,27+,31-/m1/s1. The molecule has 3 aliphatic heterocycles. The van der Waals surface area contributed by atoms with Gasteiger partial charge in [-0.25, -0.2) is 0 Å². The van der Waals surface area contributed by atoms with Gasteiger partial charge < -0.3 is 29.7 Å². The number of fused-ring (bicyclic) bond motifs is 1. The van der Waals surface area contributed by atoms with Gasteiger partial charge in [-0.05, 0) is 45.4 Å². The number of unbranched alkanes of at least 4 members (excludes halogenated alkanes) is 4. The Morgan fingerprint density at radius 2 is 2.00 bits per heavy atom. The zero-order chi connectivity index (χ0) is 30.9. The molecular formula is C31H48BrN3O7. The topological polar surface area (TPSA) is 125 Å². The maximum Gasteiger partial charge on any atom is 0.312 e.